The molecule has 0 aliphatic carbocycles. The molecule has 0 bridgehead atoms. The van der Waals surface area contributed by atoms with Gasteiger partial charge in [-0.05, 0) is 19.4 Å². The van der Waals surface area contributed by atoms with E-state index < -0.39 is 23.0 Å². The molecule has 2 aromatic carbocycles. The Morgan fingerprint density at radius 1 is 0.964 bits per heavy atom. The molecule has 7 heteroatoms. The van der Waals surface area contributed by atoms with Crippen molar-refractivity contribution in [1.82, 2.24) is 15.5 Å². The smallest absolute Gasteiger partial charge is 0.328 e. The Labute approximate surface area is 161 Å². The molecule has 0 saturated heterocycles. The Morgan fingerprint density at radius 3 is 2.04 bits per heavy atom. The van der Waals surface area contributed by atoms with Crippen LogP contribution in [0.15, 0.2) is 65.5 Å². The number of H-pyrrole nitrogens is 1. The lowest BCUT2D eigenvalue weighted by Gasteiger charge is -2.22. The van der Waals surface area contributed by atoms with Crippen LogP contribution in [0.5, 0.6) is 0 Å². The van der Waals surface area contributed by atoms with Gasteiger partial charge in [0.25, 0.3) is 11.5 Å². The van der Waals surface area contributed by atoms with Crippen LogP contribution in [0.4, 0.5) is 0 Å². The second-order valence-electron chi connectivity index (χ2n) is 6.77. The number of hydrogen-bond donors (Lipinski definition) is 3. The molecule has 3 rings (SSSR count). The van der Waals surface area contributed by atoms with Crippen LogP contribution in [0.3, 0.4) is 0 Å². The minimum Gasteiger partial charge on any atom is -0.480 e. The van der Waals surface area contributed by atoms with Crippen molar-refractivity contribution in [2.45, 2.75) is 19.4 Å². The van der Waals surface area contributed by atoms with Crippen molar-refractivity contribution in [3.05, 3.63) is 76.6 Å². The average Bonchev–Trinajstić information content (AvgIpc) is 2.68. The molecule has 0 spiro atoms. The van der Waals surface area contributed by atoms with Crippen molar-refractivity contribution in [1.29, 1.82) is 0 Å². The minimum atomic E-state index is -1.55. The largest absolute Gasteiger partial charge is 0.480 e. The molecule has 3 aromatic rings. The fourth-order valence-electron chi connectivity index (χ4n) is 2.76. The lowest BCUT2D eigenvalue weighted by molar-refractivity contribution is -0.143. The van der Waals surface area contributed by atoms with Gasteiger partial charge in [0.2, 0.25) is 0 Å². The fraction of sp³-hybridized carbons (Fsp3) is 0.143. The maximum absolute atomic E-state index is 12.9. The fourth-order valence-corrected chi connectivity index (χ4v) is 2.76. The lowest BCUT2D eigenvalue weighted by atomic mass is 9.94. The summed E-state index contributed by atoms with van der Waals surface area (Å²) in [5.41, 5.74) is -0.332. The van der Waals surface area contributed by atoms with Crippen molar-refractivity contribution in [3.63, 3.8) is 0 Å². The highest BCUT2D eigenvalue weighted by Gasteiger charge is 2.32. The van der Waals surface area contributed by atoms with Gasteiger partial charge in [-0.15, -0.1) is 0 Å². The second-order valence-corrected chi connectivity index (χ2v) is 6.77. The Balaban J connectivity index is 2.26. The topological polar surface area (TPSA) is 112 Å². The Morgan fingerprint density at radius 2 is 1.50 bits per heavy atom. The summed E-state index contributed by atoms with van der Waals surface area (Å²) in [6.07, 6.45) is 0. The molecule has 0 radical (unpaired) electrons. The highest BCUT2D eigenvalue weighted by atomic mass is 16.4. The number of carbonyl (C=O) groups excluding carboxylic acids is 1. The number of aliphatic carboxylic acids is 1. The summed E-state index contributed by atoms with van der Waals surface area (Å²) in [6, 6.07) is 18.0. The van der Waals surface area contributed by atoms with Gasteiger partial charge in [0, 0.05) is 11.1 Å². The average molecular weight is 377 g/mol. The Hall–Kier alpha value is -3.74. The highest BCUT2D eigenvalue weighted by Crippen LogP contribution is 2.31. The van der Waals surface area contributed by atoms with Gasteiger partial charge in [-0.25, -0.2) is 9.89 Å². The van der Waals surface area contributed by atoms with Crippen molar-refractivity contribution in [2.24, 2.45) is 0 Å². The van der Waals surface area contributed by atoms with Crippen LogP contribution in [0.1, 0.15) is 24.2 Å². The van der Waals surface area contributed by atoms with E-state index in [1.807, 2.05) is 36.4 Å². The molecule has 1 heterocycles. The summed E-state index contributed by atoms with van der Waals surface area (Å²) in [4.78, 5) is 36.9. The number of nitrogens with one attached hydrogen (secondary N) is 2. The van der Waals surface area contributed by atoms with E-state index in [0.717, 1.165) is 0 Å². The number of amides is 1. The first-order valence-electron chi connectivity index (χ1n) is 8.60. The predicted octanol–water partition coefficient (Wildman–Crippen LogP) is 2.70. The van der Waals surface area contributed by atoms with Crippen LogP contribution in [-0.2, 0) is 4.79 Å². The summed E-state index contributed by atoms with van der Waals surface area (Å²) in [6.45, 7) is 2.70. The Kier molecular flexibility index (Phi) is 5.08. The zero-order chi connectivity index (χ0) is 20.3. The van der Waals surface area contributed by atoms with Gasteiger partial charge in [0.05, 0.1) is 5.69 Å². The van der Waals surface area contributed by atoms with E-state index in [0.29, 0.717) is 22.4 Å². The van der Waals surface area contributed by atoms with E-state index >= 15 is 0 Å². The molecule has 7 nitrogen and oxygen atoms in total. The molecule has 142 valence electrons. The van der Waals surface area contributed by atoms with E-state index in [1.165, 1.54) is 13.8 Å². The quantitative estimate of drug-likeness (QED) is 0.633. The molecule has 0 aliphatic rings. The zero-order valence-electron chi connectivity index (χ0n) is 15.4. The van der Waals surface area contributed by atoms with Gasteiger partial charge in [-0.1, -0.05) is 60.7 Å². The minimum absolute atomic E-state index is 0.186. The molecule has 0 unspecified atom stereocenters. The van der Waals surface area contributed by atoms with Gasteiger partial charge >= 0.3 is 5.97 Å². The monoisotopic (exact) mass is 377 g/mol. The highest BCUT2D eigenvalue weighted by molar-refractivity contribution is 6.05. The van der Waals surface area contributed by atoms with Crippen molar-refractivity contribution < 1.29 is 14.7 Å². The molecule has 28 heavy (non-hydrogen) atoms. The number of rotatable bonds is 5. The van der Waals surface area contributed by atoms with Gasteiger partial charge < -0.3 is 10.4 Å². The molecule has 1 aromatic heterocycles. The summed E-state index contributed by atoms with van der Waals surface area (Å²) in [7, 11) is 0. The van der Waals surface area contributed by atoms with Crippen molar-refractivity contribution in [2.75, 3.05) is 0 Å². The van der Waals surface area contributed by atoms with Crippen LogP contribution >= 0.6 is 0 Å². The van der Waals surface area contributed by atoms with E-state index in [9.17, 15) is 19.5 Å². The standard InChI is InChI=1S/C21H19N3O4/c1-21(2,20(27)28)22-18(25)16-15(13-9-5-3-6-10-13)17(23-24-19(16)26)14-11-7-4-8-12-14/h3-12H,1-2H3,(H,22,25)(H,24,26)(H,27,28). The molecule has 0 fully saturated rings. The predicted molar refractivity (Wildman–Crippen MR) is 105 cm³/mol. The molecular formula is C21H19N3O4. The molecule has 0 aliphatic heterocycles. The first-order valence-corrected chi connectivity index (χ1v) is 8.60. The number of hydrogen-bond acceptors (Lipinski definition) is 4. The number of benzene rings is 2. The van der Waals surface area contributed by atoms with Crippen molar-refractivity contribution >= 4 is 11.9 Å². The number of aromatic nitrogens is 2. The number of carboxylic acids is 1. The summed E-state index contributed by atoms with van der Waals surface area (Å²) < 4.78 is 0. The van der Waals surface area contributed by atoms with Gasteiger partial charge in [0.1, 0.15) is 11.1 Å². The van der Waals surface area contributed by atoms with E-state index in [2.05, 4.69) is 15.5 Å². The van der Waals surface area contributed by atoms with Crippen LogP contribution in [-0.4, -0.2) is 32.7 Å². The third kappa shape index (κ3) is 3.68. The molecule has 0 saturated carbocycles. The second kappa shape index (κ2) is 7.48. The number of aromatic amines is 1. The van der Waals surface area contributed by atoms with Gasteiger partial charge in [0.15, 0.2) is 0 Å². The van der Waals surface area contributed by atoms with Crippen LogP contribution in [0.25, 0.3) is 22.4 Å². The number of nitrogens with zero attached hydrogens (tertiary/aromatic N) is 1. The molecular weight excluding hydrogens is 358 g/mol. The van der Waals surface area contributed by atoms with E-state index in [-0.39, 0.29) is 5.56 Å². The SMILES string of the molecule is CC(C)(NC(=O)c1c(-c2ccccc2)c(-c2ccccc2)n[nH]c1=O)C(=O)O. The Bertz CT molecular complexity index is 1070. The normalized spacial score (nSPS) is 11.1. The first-order chi connectivity index (χ1) is 13.3. The summed E-state index contributed by atoms with van der Waals surface area (Å²) in [5.74, 6) is -2.00. The summed E-state index contributed by atoms with van der Waals surface area (Å²) in [5, 5.41) is 18.3. The third-order valence-corrected chi connectivity index (χ3v) is 4.28. The van der Waals surface area contributed by atoms with Crippen LogP contribution < -0.4 is 10.9 Å². The zero-order valence-corrected chi connectivity index (χ0v) is 15.4. The molecule has 3 N–H and O–H groups in total. The first kappa shape index (κ1) is 19.0. The van der Waals surface area contributed by atoms with E-state index in [4.69, 9.17) is 0 Å². The van der Waals surface area contributed by atoms with Crippen LogP contribution in [0.2, 0.25) is 0 Å². The van der Waals surface area contributed by atoms with Crippen molar-refractivity contribution in [3.8, 4) is 22.4 Å². The van der Waals surface area contributed by atoms with Gasteiger partial charge in [-0.2, -0.15) is 5.10 Å². The van der Waals surface area contributed by atoms with Gasteiger partial charge in [-0.3, -0.25) is 9.59 Å². The maximum atomic E-state index is 12.9. The molecule has 0 atom stereocenters. The summed E-state index contributed by atoms with van der Waals surface area (Å²) >= 11 is 0. The third-order valence-electron chi connectivity index (χ3n) is 4.28. The maximum Gasteiger partial charge on any atom is 0.328 e. The number of carboxylic acid groups (broad SMARTS) is 1. The molecule has 1 amide bonds. The van der Waals surface area contributed by atoms with E-state index in [1.54, 1.807) is 24.3 Å². The lowest BCUT2D eigenvalue weighted by Crippen LogP contribution is -2.50. The van der Waals surface area contributed by atoms with Crippen LogP contribution in [0, 0.1) is 0 Å². The number of carbonyl (C=O) groups is 2.